The fourth-order valence-corrected chi connectivity index (χ4v) is 3.05. The molecule has 4 rings (SSSR count). The molecule has 0 radical (unpaired) electrons. The third-order valence-electron chi connectivity index (χ3n) is 4.15. The van der Waals surface area contributed by atoms with Gasteiger partial charge in [0.25, 0.3) is 0 Å². The second-order valence-electron chi connectivity index (χ2n) is 5.45. The number of fused-ring (bicyclic) bond motifs is 2. The zero-order valence-electron chi connectivity index (χ0n) is 11.5. The number of hydrogen-bond donors (Lipinski definition) is 0. The number of benzene rings is 2. The first kappa shape index (κ1) is 12.2. The van der Waals surface area contributed by atoms with E-state index in [9.17, 15) is 4.79 Å². The molecular weight excluding hydrogens is 262 g/mol. The molecule has 0 amide bonds. The van der Waals surface area contributed by atoms with Crippen molar-refractivity contribution in [3.05, 3.63) is 65.9 Å². The Labute approximate surface area is 122 Å². The molecule has 1 aromatic heterocycles. The predicted molar refractivity (Wildman–Crippen MR) is 82.0 cm³/mol. The van der Waals surface area contributed by atoms with Gasteiger partial charge in [0.1, 0.15) is 12.0 Å². The van der Waals surface area contributed by atoms with Gasteiger partial charge in [0.15, 0.2) is 0 Å². The summed E-state index contributed by atoms with van der Waals surface area (Å²) in [4.78, 5) is 11.0. The smallest absolute Gasteiger partial charge is 0.150 e. The summed E-state index contributed by atoms with van der Waals surface area (Å²) in [5.41, 5.74) is 3.08. The molecule has 2 heterocycles. The largest absolute Gasteiger partial charge is 0.493 e. The lowest BCUT2D eigenvalue weighted by Gasteiger charge is -2.11. The summed E-state index contributed by atoms with van der Waals surface area (Å²) in [5.74, 6) is 1.35. The van der Waals surface area contributed by atoms with E-state index >= 15 is 0 Å². The molecule has 1 aliphatic heterocycles. The van der Waals surface area contributed by atoms with Crippen molar-refractivity contribution in [1.29, 1.82) is 0 Å². The Hall–Kier alpha value is -2.55. The molecule has 3 aromatic rings. The van der Waals surface area contributed by atoms with Gasteiger partial charge in [0.05, 0.1) is 6.61 Å². The second-order valence-corrected chi connectivity index (χ2v) is 5.45. The molecule has 0 N–H and O–H groups in total. The highest BCUT2D eigenvalue weighted by Gasteiger charge is 2.24. The minimum atomic E-state index is 0.358. The zero-order chi connectivity index (χ0) is 14.2. The van der Waals surface area contributed by atoms with Gasteiger partial charge in [0.2, 0.25) is 0 Å². The fraction of sp³-hybridized carbons (Fsp3) is 0.167. The van der Waals surface area contributed by atoms with E-state index in [0.717, 1.165) is 29.5 Å². The van der Waals surface area contributed by atoms with Crippen molar-refractivity contribution < 1.29 is 9.53 Å². The van der Waals surface area contributed by atoms with Crippen molar-refractivity contribution in [2.45, 2.75) is 12.5 Å². The Kier molecular flexibility index (Phi) is 2.78. The third kappa shape index (κ3) is 2.02. The van der Waals surface area contributed by atoms with E-state index in [1.54, 1.807) is 0 Å². The summed E-state index contributed by atoms with van der Waals surface area (Å²) in [5, 5.41) is 1.16. The number of para-hydroxylation sites is 1. The quantitative estimate of drug-likeness (QED) is 0.684. The summed E-state index contributed by atoms with van der Waals surface area (Å²) in [6, 6.07) is 16.1. The van der Waals surface area contributed by atoms with Gasteiger partial charge in [-0.05, 0) is 23.6 Å². The van der Waals surface area contributed by atoms with Gasteiger partial charge in [0, 0.05) is 35.3 Å². The molecule has 3 nitrogen and oxygen atoms in total. The number of hydrogen-bond acceptors (Lipinski definition) is 2. The van der Waals surface area contributed by atoms with E-state index in [1.807, 2.05) is 30.3 Å². The van der Waals surface area contributed by atoms with Crippen molar-refractivity contribution in [2.24, 2.45) is 0 Å². The van der Waals surface area contributed by atoms with Crippen LogP contribution >= 0.6 is 0 Å². The monoisotopic (exact) mass is 277 g/mol. The molecule has 0 saturated carbocycles. The topological polar surface area (TPSA) is 31.2 Å². The Balaban J connectivity index is 1.71. The summed E-state index contributed by atoms with van der Waals surface area (Å²) in [7, 11) is 0. The van der Waals surface area contributed by atoms with Crippen molar-refractivity contribution in [2.75, 3.05) is 6.61 Å². The van der Waals surface area contributed by atoms with Crippen molar-refractivity contribution in [3.63, 3.8) is 0 Å². The molecule has 0 spiro atoms. The van der Waals surface area contributed by atoms with Crippen LogP contribution in [0.2, 0.25) is 0 Å². The maximum absolute atomic E-state index is 11.0. The summed E-state index contributed by atoms with van der Waals surface area (Å²) in [6.07, 6.45) is 2.98. The molecule has 2 aromatic carbocycles. The van der Waals surface area contributed by atoms with Gasteiger partial charge in [-0.1, -0.05) is 30.3 Å². The van der Waals surface area contributed by atoms with Crippen LogP contribution in [-0.4, -0.2) is 17.5 Å². The Morgan fingerprint density at radius 3 is 3.00 bits per heavy atom. The van der Waals surface area contributed by atoms with E-state index in [0.29, 0.717) is 18.1 Å². The minimum absolute atomic E-state index is 0.358. The molecule has 0 fully saturated rings. The summed E-state index contributed by atoms with van der Waals surface area (Å²) in [6.45, 7) is 1.58. The minimum Gasteiger partial charge on any atom is -0.493 e. The molecule has 0 bridgehead atoms. The van der Waals surface area contributed by atoms with Crippen molar-refractivity contribution in [3.8, 4) is 5.75 Å². The zero-order valence-corrected chi connectivity index (χ0v) is 11.5. The van der Waals surface area contributed by atoms with Crippen LogP contribution in [0.5, 0.6) is 5.75 Å². The van der Waals surface area contributed by atoms with Crippen LogP contribution in [-0.2, 0) is 6.54 Å². The van der Waals surface area contributed by atoms with Gasteiger partial charge in [-0.15, -0.1) is 0 Å². The average molecular weight is 277 g/mol. The molecule has 1 aliphatic rings. The van der Waals surface area contributed by atoms with E-state index in [2.05, 4.69) is 29.0 Å². The molecule has 21 heavy (non-hydrogen) atoms. The predicted octanol–water partition coefficient (Wildman–Crippen LogP) is 3.63. The lowest BCUT2D eigenvalue weighted by molar-refractivity contribution is 0.112. The molecule has 104 valence electrons. The molecule has 3 heteroatoms. The van der Waals surface area contributed by atoms with E-state index < -0.39 is 0 Å². The number of rotatable bonds is 3. The Bertz CT molecular complexity index is 819. The number of nitrogens with zero attached hydrogens (tertiary/aromatic N) is 1. The second kappa shape index (κ2) is 4.77. The standard InChI is InChI=1S/C18H15NO2/c20-11-13-5-6-14-7-8-19(17(14)9-13)10-15-12-21-18-4-2-1-3-16(15)18/h1-9,11,15H,10,12H2. The van der Waals surface area contributed by atoms with E-state index in [4.69, 9.17) is 4.74 Å². The van der Waals surface area contributed by atoms with Gasteiger partial charge < -0.3 is 9.30 Å². The average Bonchev–Trinajstić information content (AvgIpc) is 3.12. The van der Waals surface area contributed by atoms with Crippen LogP contribution in [0, 0.1) is 0 Å². The number of carbonyl (C=O) groups excluding carboxylic acids is 1. The molecule has 0 saturated heterocycles. The van der Waals surface area contributed by atoms with Crippen LogP contribution in [0.1, 0.15) is 21.8 Å². The fourth-order valence-electron chi connectivity index (χ4n) is 3.05. The van der Waals surface area contributed by atoms with E-state index in [-0.39, 0.29) is 0 Å². The first-order valence-corrected chi connectivity index (χ1v) is 7.11. The van der Waals surface area contributed by atoms with Crippen LogP contribution in [0.4, 0.5) is 0 Å². The summed E-state index contributed by atoms with van der Waals surface area (Å²) < 4.78 is 7.95. The van der Waals surface area contributed by atoms with Gasteiger partial charge >= 0.3 is 0 Å². The molecule has 0 aliphatic carbocycles. The Morgan fingerprint density at radius 2 is 2.10 bits per heavy atom. The van der Waals surface area contributed by atoms with Gasteiger partial charge in [-0.25, -0.2) is 0 Å². The first-order valence-electron chi connectivity index (χ1n) is 7.11. The SMILES string of the molecule is O=Cc1ccc2ccn(CC3COc4ccccc43)c2c1. The molecular formula is C18H15NO2. The molecule has 1 unspecified atom stereocenters. The lowest BCUT2D eigenvalue weighted by Crippen LogP contribution is -2.09. The first-order chi connectivity index (χ1) is 10.3. The highest BCUT2D eigenvalue weighted by atomic mass is 16.5. The lowest BCUT2D eigenvalue weighted by atomic mass is 10.0. The van der Waals surface area contributed by atoms with E-state index in [1.165, 1.54) is 5.56 Å². The molecule has 1 atom stereocenters. The van der Waals surface area contributed by atoms with Crippen LogP contribution in [0.3, 0.4) is 0 Å². The summed E-state index contributed by atoms with van der Waals surface area (Å²) >= 11 is 0. The number of aldehydes is 1. The van der Waals surface area contributed by atoms with Crippen molar-refractivity contribution in [1.82, 2.24) is 4.57 Å². The van der Waals surface area contributed by atoms with Crippen LogP contribution < -0.4 is 4.74 Å². The highest BCUT2D eigenvalue weighted by Crippen LogP contribution is 2.35. The van der Waals surface area contributed by atoms with Crippen LogP contribution in [0.15, 0.2) is 54.7 Å². The normalized spacial score (nSPS) is 16.7. The van der Waals surface area contributed by atoms with Crippen molar-refractivity contribution >= 4 is 17.2 Å². The number of ether oxygens (including phenoxy) is 1. The maximum Gasteiger partial charge on any atom is 0.150 e. The van der Waals surface area contributed by atoms with Gasteiger partial charge in [-0.2, -0.15) is 0 Å². The third-order valence-corrected chi connectivity index (χ3v) is 4.15. The number of carbonyl (C=O) groups is 1. The number of aromatic nitrogens is 1. The van der Waals surface area contributed by atoms with Gasteiger partial charge in [-0.3, -0.25) is 4.79 Å². The van der Waals surface area contributed by atoms with Crippen LogP contribution in [0.25, 0.3) is 10.9 Å². The maximum atomic E-state index is 11.0. The highest BCUT2D eigenvalue weighted by molar-refractivity contribution is 5.87. The Morgan fingerprint density at radius 1 is 1.19 bits per heavy atom.